The number of carbonyl (C=O) groups excluding carboxylic acids is 1. The van der Waals surface area contributed by atoms with E-state index in [1.54, 1.807) is 0 Å². The first-order valence-electron chi connectivity index (χ1n) is 9.35. The predicted octanol–water partition coefficient (Wildman–Crippen LogP) is 3.83. The standard InChI is InChI=1S/C18H32N2O/c1-2-3-4-5-6-9-14-20-16(15-10-7-8-11-15)19-18(12-13-18)17(20)21/h15-16,19H,2-14H2,1H3. The molecule has 21 heavy (non-hydrogen) atoms. The first-order valence-corrected chi connectivity index (χ1v) is 9.35. The Labute approximate surface area is 129 Å². The molecular weight excluding hydrogens is 260 g/mol. The second-order valence-corrected chi connectivity index (χ2v) is 7.48. The van der Waals surface area contributed by atoms with E-state index in [2.05, 4.69) is 17.1 Å². The Balaban J connectivity index is 1.49. The maximum absolute atomic E-state index is 12.7. The van der Waals surface area contributed by atoms with Crippen molar-refractivity contribution < 1.29 is 4.79 Å². The lowest BCUT2D eigenvalue weighted by atomic mass is 10.0. The summed E-state index contributed by atoms with van der Waals surface area (Å²) in [5.74, 6) is 1.14. The van der Waals surface area contributed by atoms with Gasteiger partial charge in [-0.1, -0.05) is 51.9 Å². The smallest absolute Gasteiger partial charge is 0.244 e. The summed E-state index contributed by atoms with van der Waals surface area (Å²) in [6, 6.07) is 0. The normalized spacial score (nSPS) is 28.0. The van der Waals surface area contributed by atoms with Crippen LogP contribution in [0.1, 0.15) is 84.0 Å². The lowest BCUT2D eigenvalue weighted by Crippen LogP contribution is -2.43. The van der Waals surface area contributed by atoms with Crippen LogP contribution in [0.5, 0.6) is 0 Å². The highest BCUT2D eigenvalue weighted by Crippen LogP contribution is 2.45. The number of hydrogen-bond donors (Lipinski definition) is 1. The molecule has 3 nitrogen and oxygen atoms in total. The molecule has 120 valence electrons. The van der Waals surface area contributed by atoms with E-state index in [0.29, 0.717) is 18.0 Å². The Morgan fingerprint density at radius 2 is 1.76 bits per heavy atom. The first-order chi connectivity index (χ1) is 10.3. The fourth-order valence-corrected chi connectivity index (χ4v) is 4.26. The molecule has 0 aromatic heterocycles. The zero-order valence-corrected chi connectivity index (χ0v) is 13.7. The van der Waals surface area contributed by atoms with Crippen molar-refractivity contribution in [3.63, 3.8) is 0 Å². The van der Waals surface area contributed by atoms with Crippen molar-refractivity contribution in [1.29, 1.82) is 0 Å². The van der Waals surface area contributed by atoms with E-state index in [0.717, 1.165) is 19.4 Å². The van der Waals surface area contributed by atoms with Crippen LogP contribution in [0.25, 0.3) is 0 Å². The summed E-state index contributed by atoms with van der Waals surface area (Å²) in [6.45, 7) is 3.25. The second kappa shape index (κ2) is 6.68. The highest BCUT2D eigenvalue weighted by Gasteiger charge is 2.60. The molecule has 3 fully saturated rings. The van der Waals surface area contributed by atoms with E-state index in [1.165, 1.54) is 64.2 Å². The lowest BCUT2D eigenvalue weighted by Gasteiger charge is -2.29. The molecule has 2 saturated carbocycles. The fraction of sp³-hybridized carbons (Fsp3) is 0.944. The van der Waals surface area contributed by atoms with Crippen LogP contribution in [0.2, 0.25) is 0 Å². The highest BCUT2D eigenvalue weighted by atomic mass is 16.2. The van der Waals surface area contributed by atoms with Crippen molar-refractivity contribution in [1.82, 2.24) is 10.2 Å². The molecule has 2 aliphatic carbocycles. The molecule has 1 spiro atoms. The van der Waals surface area contributed by atoms with E-state index >= 15 is 0 Å². The van der Waals surface area contributed by atoms with Crippen LogP contribution in [0.3, 0.4) is 0 Å². The molecule has 1 aliphatic heterocycles. The van der Waals surface area contributed by atoms with Gasteiger partial charge in [0.15, 0.2) is 0 Å². The third kappa shape index (κ3) is 3.28. The summed E-state index contributed by atoms with van der Waals surface area (Å²) >= 11 is 0. The summed E-state index contributed by atoms with van der Waals surface area (Å²) in [7, 11) is 0. The first kappa shape index (κ1) is 15.3. The van der Waals surface area contributed by atoms with Crippen molar-refractivity contribution in [3.8, 4) is 0 Å². The fourth-order valence-electron chi connectivity index (χ4n) is 4.26. The molecule has 1 amide bonds. The van der Waals surface area contributed by atoms with Gasteiger partial charge in [0.2, 0.25) is 5.91 Å². The van der Waals surface area contributed by atoms with E-state index in [1.807, 2.05) is 0 Å². The van der Waals surface area contributed by atoms with Crippen LogP contribution in [-0.4, -0.2) is 29.1 Å². The molecule has 1 saturated heterocycles. The number of rotatable bonds is 8. The molecule has 1 unspecified atom stereocenters. The quantitative estimate of drug-likeness (QED) is 0.690. The maximum Gasteiger partial charge on any atom is 0.244 e. The molecule has 0 aromatic carbocycles. The summed E-state index contributed by atoms with van der Waals surface area (Å²) < 4.78 is 0. The van der Waals surface area contributed by atoms with Gasteiger partial charge in [0, 0.05) is 6.54 Å². The third-order valence-electron chi connectivity index (χ3n) is 5.78. The Bertz CT molecular complexity index is 358. The molecule has 3 rings (SSSR count). The van der Waals surface area contributed by atoms with Crippen molar-refractivity contribution >= 4 is 5.91 Å². The highest BCUT2D eigenvalue weighted by molar-refractivity contribution is 5.91. The number of nitrogens with zero attached hydrogens (tertiary/aromatic N) is 1. The predicted molar refractivity (Wildman–Crippen MR) is 85.9 cm³/mol. The van der Waals surface area contributed by atoms with Gasteiger partial charge in [-0.15, -0.1) is 0 Å². The molecular formula is C18H32N2O. The van der Waals surface area contributed by atoms with Crippen LogP contribution in [-0.2, 0) is 4.79 Å². The van der Waals surface area contributed by atoms with Gasteiger partial charge in [0.25, 0.3) is 0 Å². The van der Waals surface area contributed by atoms with E-state index in [9.17, 15) is 4.79 Å². The third-order valence-corrected chi connectivity index (χ3v) is 5.78. The molecule has 1 N–H and O–H groups in total. The molecule has 1 heterocycles. The SMILES string of the molecule is CCCCCCCCN1C(=O)C2(CC2)NC1C1CCCC1. The monoisotopic (exact) mass is 292 g/mol. The van der Waals surface area contributed by atoms with Gasteiger partial charge >= 0.3 is 0 Å². The molecule has 3 heteroatoms. The molecule has 0 bridgehead atoms. The lowest BCUT2D eigenvalue weighted by molar-refractivity contribution is -0.131. The second-order valence-electron chi connectivity index (χ2n) is 7.48. The van der Waals surface area contributed by atoms with E-state index < -0.39 is 0 Å². The van der Waals surface area contributed by atoms with Crippen LogP contribution in [0, 0.1) is 5.92 Å². The number of nitrogens with one attached hydrogen (secondary N) is 1. The van der Waals surface area contributed by atoms with Crippen LogP contribution < -0.4 is 5.32 Å². The zero-order chi connectivity index (χ0) is 14.7. The van der Waals surface area contributed by atoms with E-state index in [4.69, 9.17) is 0 Å². The van der Waals surface area contributed by atoms with Gasteiger partial charge in [-0.2, -0.15) is 0 Å². The number of unbranched alkanes of at least 4 members (excludes halogenated alkanes) is 5. The van der Waals surface area contributed by atoms with Crippen LogP contribution in [0.15, 0.2) is 0 Å². The van der Waals surface area contributed by atoms with Crippen LogP contribution in [0.4, 0.5) is 0 Å². The Morgan fingerprint density at radius 1 is 1.10 bits per heavy atom. The topological polar surface area (TPSA) is 32.3 Å². The van der Waals surface area contributed by atoms with Gasteiger partial charge in [-0.25, -0.2) is 0 Å². The Morgan fingerprint density at radius 3 is 2.43 bits per heavy atom. The molecule has 1 atom stereocenters. The number of hydrogen-bond acceptors (Lipinski definition) is 2. The summed E-state index contributed by atoms with van der Waals surface area (Å²) in [4.78, 5) is 14.9. The minimum absolute atomic E-state index is 0.116. The van der Waals surface area contributed by atoms with Crippen molar-refractivity contribution in [2.45, 2.75) is 95.7 Å². The largest absolute Gasteiger partial charge is 0.325 e. The summed E-state index contributed by atoms with van der Waals surface area (Å²) in [5, 5.41) is 3.72. The summed E-state index contributed by atoms with van der Waals surface area (Å²) in [6.07, 6.45) is 15.7. The number of amides is 1. The molecule has 3 aliphatic rings. The van der Waals surface area contributed by atoms with Crippen molar-refractivity contribution in [2.75, 3.05) is 6.54 Å². The number of carbonyl (C=O) groups is 1. The van der Waals surface area contributed by atoms with Gasteiger partial charge < -0.3 is 4.90 Å². The maximum atomic E-state index is 12.7. The van der Waals surface area contributed by atoms with Gasteiger partial charge in [0.05, 0.1) is 11.7 Å². The Kier molecular flexibility index (Phi) is 4.88. The van der Waals surface area contributed by atoms with Crippen molar-refractivity contribution in [2.24, 2.45) is 5.92 Å². The molecule has 0 radical (unpaired) electrons. The van der Waals surface area contributed by atoms with Crippen LogP contribution >= 0.6 is 0 Å². The zero-order valence-electron chi connectivity index (χ0n) is 13.7. The van der Waals surface area contributed by atoms with Gasteiger partial charge in [-0.3, -0.25) is 10.1 Å². The minimum Gasteiger partial charge on any atom is -0.325 e. The minimum atomic E-state index is -0.116. The van der Waals surface area contributed by atoms with Crippen molar-refractivity contribution in [3.05, 3.63) is 0 Å². The average Bonchev–Trinajstić information content (AvgIpc) is 2.96. The summed E-state index contributed by atoms with van der Waals surface area (Å²) in [5.41, 5.74) is -0.116. The molecule has 0 aromatic rings. The Hall–Kier alpha value is -0.570. The van der Waals surface area contributed by atoms with Gasteiger partial charge in [0.1, 0.15) is 0 Å². The van der Waals surface area contributed by atoms with E-state index in [-0.39, 0.29) is 5.54 Å². The average molecular weight is 292 g/mol. The van der Waals surface area contributed by atoms with Gasteiger partial charge in [-0.05, 0) is 38.0 Å².